The number of carbonyl (C=O) groups is 1. The average Bonchev–Trinajstić information content (AvgIpc) is 2.61. The maximum Gasteiger partial charge on any atom is 0.133 e. The Kier molecular flexibility index (Phi) is 2.81. The van der Waals surface area contributed by atoms with Crippen LogP contribution in [0, 0.1) is 0 Å². The summed E-state index contributed by atoms with van der Waals surface area (Å²) < 4.78 is 0. The number of rotatable bonds is 2. The summed E-state index contributed by atoms with van der Waals surface area (Å²) in [6, 6.07) is 7.69. The van der Waals surface area contributed by atoms with Crippen molar-refractivity contribution < 1.29 is 4.79 Å². The van der Waals surface area contributed by atoms with Gasteiger partial charge in [0.25, 0.3) is 0 Å². The largest absolute Gasteiger partial charge is 0.330 e. The van der Waals surface area contributed by atoms with Crippen LogP contribution in [0.5, 0.6) is 0 Å². The first kappa shape index (κ1) is 10.7. The van der Waals surface area contributed by atoms with Crippen LogP contribution in [0.2, 0.25) is 5.02 Å². The van der Waals surface area contributed by atoms with Crippen LogP contribution in [-0.4, -0.2) is 12.3 Å². The number of nitrogens with two attached hydrogens (primary N) is 1. The molecule has 2 N–H and O–H groups in total. The number of carbonyl (C=O) groups excluding carboxylic acids is 1. The second-order valence-corrected chi connectivity index (χ2v) is 4.65. The van der Waals surface area contributed by atoms with Crippen molar-refractivity contribution in [1.29, 1.82) is 0 Å². The standard InChI is InChI=1S/C12H14ClNO/c13-10-3-1-2-9(6-10)12(8-14)5-4-11(15)7-12/h1-3,6H,4-5,7-8,14H2. The Bertz CT molecular complexity index is 391. The predicted molar refractivity (Wildman–Crippen MR) is 61.0 cm³/mol. The molecule has 0 saturated heterocycles. The summed E-state index contributed by atoms with van der Waals surface area (Å²) in [7, 11) is 0. The minimum absolute atomic E-state index is 0.165. The third-order valence-electron chi connectivity index (χ3n) is 3.25. The van der Waals surface area contributed by atoms with Gasteiger partial charge in [0.05, 0.1) is 0 Å². The highest BCUT2D eigenvalue weighted by atomic mass is 35.5. The van der Waals surface area contributed by atoms with Gasteiger partial charge in [0.1, 0.15) is 5.78 Å². The summed E-state index contributed by atoms with van der Waals surface area (Å²) in [4.78, 5) is 11.4. The number of Topliss-reactive ketones (excluding diaryl/α,β-unsaturated/α-hetero) is 1. The zero-order chi connectivity index (χ0) is 10.9. The van der Waals surface area contributed by atoms with Gasteiger partial charge in [-0.15, -0.1) is 0 Å². The van der Waals surface area contributed by atoms with Gasteiger partial charge in [-0.3, -0.25) is 4.79 Å². The van der Waals surface area contributed by atoms with E-state index in [1.807, 2.05) is 24.3 Å². The SMILES string of the molecule is NCC1(c2cccc(Cl)c2)CCC(=O)C1. The van der Waals surface area contributed by atoms with Crippen LogP contribution in [0.25, 0.3) is 0 Å². The number of ketones is 1. The van der Waals surface area contributed by atoms with Gasteiger partial charge in [0, 0.05) is 29.8 Å². The minimum atomic E-state index is -0.165. The maximum absolute atomic E-state index is 11.4. The maximum atomic E-state index is 11.4. The van der Waals surface area contributed by atoms with Gasteiger partial charge in [-0.25, -0.2) is 0 Å². The van der Waals surface area contributed by atoms with Gasteiger partial charge in [-0.1, -0.05) is 23.7 Å². The van der Waals surface area contributed by atoms with Gasteiger partial charge in [-0.2, -0.15) is 0 Å². The van der Waals surface area contributed by atoms with Gasteiger partial charge < -0.3 is 5.73 Å². The lowest BCUT2D eigenvalue weighted by Gasteiger charge is -2.27. The van der Waals surface area contributed by atoms with Crippen LogP contribution in [0.3, 0.4) is 0 Å². The summed E-state index contributed by atoms with van der Waals surface area (Å²) in [6.07, 6.45) is 2.05. The van der Waals surface area contributed by atoms with E-state index in [9.17, 15) is 4.79 Å². The second kappa shape index (κ2) is 3.95. The van der Waals surface area contributed by atoms with Crippen LogP contribution >= 0.6 is 11.6 Å². The van der Waals surface area contributed by atoms with Gasteiger partial charge in [0.15, 0.2) is 0 Å². The zero-order valence-electron chi connectivity index (χ0n) is 8.50. The highest BCUT2D eigenvalue weighted by Gasteiger charge is 2.38. The third-order valence-corrected chi connectivity index (χ3v) is 3.48. The van der Waals surface area contributed by atoms with Gasteiger partial charge >= 0.3 is 0 Å². The van der Waals surface area contributed by atoms with Crippen LogP contribution in [0.15, 0.2) is 24.3 Å². The number of hydrogen-bond donors (Lipinski definition) is 1. The summed E-state index contributed by atoms with van der Waals surface area (Å²) in [5.74, 6) is 0.306. The summed E-state index contributed by atoms with van der Waals surface area (Å²) in [6.45, 7) is 0.513. The normalized spacial score (nSPS) is 25.9. The molecular weight excluding hydrogens is 210 g/mol. The Morgan fingerprint density at radius 2 is 2.27 bits per heavy atom. The molecule has 1 aliphatic carbocycles. The highest BCUT2D eigenvalue weighted by Crippen LogP contribution is 2.39. The Labute approximate surface area is 94.4 Å². The second-order valence-electron chi connectivity index (χ2n) is 4.21. The van der Waals surface area contributed by atoms with Crippen molar-refractivity contribution in [2.75, 3.05) is 6.54 Å². The van der Waals surface area contributed by atoms with Crippen LogP contribution in [-0.2, 0) is 10.2 Å². The van der Waals surface area contributed by atoms with Crippen LogP contribution < -0.4 is 5.73 Å². The van der Waals surface area contributed by atoms with Crippen molar-refractivity contribution in [2.45, 2.75) is 24.7 Å². The molecule has 0 spiro atoms. The Hall–Kier alpha value is -0.860. The smallest absolute Gasteiger partial charge is 0.133 e. The van der Waals surface area contributed by atoms with Crippen molar-refractivity contribution in [3.05, 3.63) is 34.9 Å². The first-order valence-electron chi connectivity index (χ1n) is 5.14. The molecule has 2 rings (SSSR count). The molecule has 1 aromatic carbocycles. The van der Waals surface area contributed by atoms with E-state index in [2.05, 4.69) is 0 Å². The summed E-state index contributed by atoms with van der Waals surface area (Å²) >= 11 is 5.95. The Morgan fingerprint density at radius 3 is 2.80 bits per heavy atom. The first-order valence-corrected chi connectivity index (χ1v) is 5.52. The van der Waals surface area contributed by atoms with Crippen LogP contribution in [0.1, 0.15) is 24.8 Å². The number of benzene rings is 1. The van der Waals surface area contributed by atoms with E-state index < -0.39 is 0 Å². The van der Waals surface area contributed by atoms with Crippen molar-refractivity contribution in [3.8, 4) is 0 Å². The van der Waals surface area contributed by atoms with Crippen molar-refractivity contribution >= 4 is 17.4 Å². The Morgan fingerprint density at radius 1 is 1.47 bits per heavy atom. The average molecular weight is 224 g/mol. The molecule has 15 heavy (non-hydrogen) atoms. The van der Waals surface area contributed by atoms with Crippen molar-refractivity contribution in [1.82, 2.24) is 0 Å². The fourth-order valence-electron chi connectivity index (χ4n) is 2.29. The molecule has 2 nitrogen and oxygen atoms in total. The summed E-state index contributed by atoms with van der Waals surface area (Å²) in [5.41, 5.74) is 6.75. The van der Waals surface area contributed by atoms with E-state index in [-0.39, 0.29) is 5.41 Å². The molecule has 1 aliphatic rings. The lowest BCUT2D eigenvalue weighted by molar-refractivity contribution is -0.117. The summed E-state index contributed by atoms with van der Waals surface area (Å²) in [5, 5.41) is 0.708. The molecule has 0 bridgehead atoms. The lowest BCUT2D eigenvalue weighted by atomic mass is 9.79. The van der Waals surface area contributed by atoms with E-state index >= 15 is 0 Å². The molecule has 0 radical (unpaired) electrons. The van der Waals surface area contributed by atoms with E-state index in [0.29, 0.717) is 30.2 Å². The third kappa shape index (κ3) is 1.92. The molecular formula is C12H14ClNO. The highest BCUT2D eigenvalue weighted by molar-refractivity contribution is 6.30. The molecule has 1 fully saturated rings. The molecule has 1 saturated carbocycles. The van der Waals surface area contributed by atoms with Crippen molar-refractivity contribution in [2.24, 2.45) is 5.73 Å². The molecule has 0 aliphatic heterocycles. The molecule has 1 unspecified atom stereocenters. The van der Waals surface area contributed by atoms with Crippen LogP contribution in [0.4, 0.5) is 0 Å². The quantitative estimate of drug-likeness (QED) is 0.836. The van der Waals surface area contributed by atoms with E-state index in [4.69, 9.17) is 17.3 Å². The molecule has 3 heteroatoms. The van der Waals surface area contributed by atoms with Gasteiger partial charge in [0.2, 0.25) is 0 Å². The fraction of sp³-hybridized carbons (Fsp3) is 0.417. The number of hydrogen-bond acceptors (Lipinski definition) is 2. The number of halogens is 1. The predicted octanol–water partition coefficient (Wildman–Crippen LogP) is 2.29. The molecule has 0 aromatic heterocycles. The molecule has 80 valence electrons. The molecule has 0 heterocycles. The van der Waals surface area contributed by atoms with Gasteiger partial charge in [-0.05, 0) is 24.1 Å². The van der Waals surface area contributed by atoms with Crippen molar-refractivity contribution in [3.63, 3.8) is 0 Å². The molecule has 0 amide bonds. The molecule has 1 aromatic rings. The lowest BCUT2D eigenvalue weighted by Crippen LogP contribution is -2.32. The fourth-order valence-corrected chi connectivity index (χ4v) is 2.48. The van der Waals surface area contributed by atoms with E-state index in [1.165, 1.54) is 0 Å². The first-order chi connectivity index (χ1) is 7.16. The monoisotopic (exact) mass is 223 g/mol. The topological polar surface area (TPSA) is 43.1 Å². The van der Waals surface area contributed by atoms with E-state index in [1.54, 1.807) is 0 Å². The Balaban J connectivity index is 2.38. The van der Waals surface area contributed by atoms with E-state index in [0.717, 1.165) is 12.0 Å². The zero-order valence-corrected chi connectivity index (χ0v) is 9.26. The molecule has 1 atom stereocenters. The minimum Gasteiger partial charge on any atom is -0.330 e.